The predicted molar refractivity (Wildman–Crippen MR) is 117 cm³/mol. The van der Waals surface area contributed by atoms with Crippen LogP contribution < -0.4 is 9.62 Å². The predicted octanol–water partition coefficient (Wildman–Crippen LogP) is 3.91. The van der Waals surface area contributed by atoms with Gasteiger partial charge < -0.3 is 5.32 Å². The SMILES string of the molecule is Cc1ccc([N+](=O)[O-])cc1NC(=O)c1cccc(S(=O)(=O)N2CCc3ccccc32)c1. The second-order valence-corrected chi connectivity index (χ2v) is 9.06. The van der Waals surface area contributed by atoms with E-state index in [2.05, 4.69) is 5.32 Å². The second kappa shape index (κ2) is 7.84. The molecule has 4 rings (SSSR count). The number of non-ortho nitro benzene ring substituents is 1. The Kier molecular flexibility index (Phi) is 5.20. The Hall–Kier alpha value is -3.72. The lowest BCUT2D eigenvalue weighted by Gasteiger charge is -2.20. The topological polar surface area (TPSA) is 110 Å². The van der Waals surface area contributed by atoms with Crippen LogP contribution in [0.5, 0.6) is 0 Å². The first-order valence-corrected chi connectivity index (χ1v) is 11.0. The standard InChI is InChI=1S/C22H19N3O5S/c1-15-9-10-18(25(27)28)14-20(15)23-22(26)17-6-4-7-19(13-17)31(29,30)24-12-11-16-5-2-3-8-21(16)24/h2-10,13-14H,11-12H2,1H3,(H,23,26). The fourth-order valence-electron chi connectivity index (χ4n) is 3.54. The smallest absolute Gasteiger partial charge is 0.271 e. The molecule has 0 aliphatic carbocycles. The number of fused-ring (bicyclic) bond motifs is 1. The van der Waals surface area contributed by atoms with Gasteiger partial charge >= 0.3 is 0 Å². The molecule has 1 aliphatic rings. The molecule has 3 aromatic rings. The number of rotatable bonds is 5. The Morgan fingerprint density at radius 2 is 1.84 bits per heavy atom. The van der Waals surface area contributed by atoms with Crippen molar-refractivity contribution in [3.8, 4) is 0 Å². The van der Waals surface area contributed by atoms with E-state index in [0.29, 0.717) is 29.9 Å². The fraction of sp³-hybridized carbons (Fsp3) is 0.136. The number of amides is 1. The molecule has 0 bridgehead atoms. The van der Waals surface area contributed by atoms with E-state index >= 15 is 0 Å². The van der Waals surface area contributed by atoms with Crippen molar-refractivity contribution in [3.63, 3.8) is 0 Å². The first-order chi connectivity index (χ1) is 14.8. The molecular weight excluding hydrogens is 418 g/mol. The third-order valence-electron chi connectivity index (χ3n) is 5.21. The third-order valence-corrected chi connectivity index (χ3v) is 7.02. The maximum atomic E-state index is 13.2. The molecule has 0 fully saturated rings. The van der Waals surface area contributed by atoms with Crippen molar-refractivity contribution in [3.05, 3.63) is 93.5 Å². The number of nitro benzene ring substituents is 1. The van der Waals surface area contributed by atoms with E-state index in [9.17, 15) is 23.3 Å². The number of aryl methyl sites for hydroxylation is 1. The number of hydrogen-bond acceptors (Lipinski definition) is 5. The van der Waals surface area contributed by atoms with Crippen molar-refractivity contribution in [2.75, 3.05) is 16.2 Å². The van der Waals surface area contributed by atoms with Crippen LogP contribution in [0.3, 0.4) is 0 Å². The van der Waals surface area contributed by atoms with Gasteiger partial charge in [0.25, 0.3) is 21.6 Å². The maximum absolute atomic E-state index is 13.2. The summed E-state index contributed by atoms with van der Waals surface area (Å²) in [6, 6.07) is 17.3. The molecule has 0 spiro atoms. The molecule has 0 unspecified atom stereocenters. The molecule has 0 saturated heterocycles. The molecule has 1 heterocycles. The molecule has 31 heavy (non-hydrogen) atoms. The van der Waals surface area contributed by atoms with Crippen molar-refractivity contribution in [2.24, 2.45) is 0 Å². The first kappa shape index (κ1) is 20.5. The summed E-state index contributed by atoms with van der Waals surface area (Å²) in [4.78, 5) is 23.2. The molecule has 158 valence electrons. The van der Waals surface area contributed by atoms with Crippen LogP contribution in [0.1, 0.15) is 21.5 Å². The van der Waals surface area contributed by atoms with E-state index in [1.807, 2.05) is 12.1 Å². The highest BCUT2D eigenvalue weighted by atomic mass is 32.2. The molecule has 0 atom stereocenters. The molecule has 0 saturated carbocycles. The van der Waals surface area contributed by atoms with Crippen molar-refractivity contribution in [1.29, 1.82) is 0 Å². The van der Waals surface area contributed by atoms with Crippen LogP contribution >= 0.6 is 0 Å². The summed E-state index contributed by atoms with van der Waals surface area (Å²) in [5.41, 5.74) is 2.53. The number of anilines is 2. The minimum Gasteiger partial charge on any atom is -0.321 e. The normalized spacial score (nSPS) is 13.0. The molecule has 1 aliphatic heterocycles. The average molecular weight is 437 g/mol. The zero-order valence-corrected chi connectivity index (χ0v) is 17.4. The number of benzene rings is 3. The Labute approximate surface area is 179 Å². The zero-order valence-electron chi connectivity index (χ0n) is 16.6. The van der Waals surface area contributed by atoms with Crippen LogP contribution in [0.4, 0.5) is 17.1 Å². The lowest BCUT2D eigenvalue weighted by molar-refractivity contribution is -0.384. The second-order valence-electron chi connectivity index (χ2n) is 7.19. The van der Waals surface area contributed by atoms with Crippen LogP contribution in [-0.2, 0) is 16.4 Å². The summed E-state index contributed by atoms with van der Waals surface area (Å²) in [7, 11) is -3.84. The van der Waals surface area contributed by atoms with E-state index in [1.54, 1.807) is 25.1 Å². The van der Waals surface area contributed by atoms with Crippen LogP contribution in [0.15, 0.2) is 71.6 Å². The minimum absolute atomic E-state index is 0.00705. The summed E-state index contributed by atoms with van der Waals surface area (Å²) >= 11 is 0. The van der Waals surface area contributed by atoms with Crippen LogP contribution in [0.25, 0.3) is 0 Å². The Morgan fingerprint density at radius 3 is 2.61 bits per heavy atom. The van der Waals surface area contributed by atoms with Gasteiger partial charge in [-0.1, -0.05) is 30.3 Å². The molecular formula is C22H19N3O5S. The number of nitro groups is 1. The molecule has 0 radical (unpaired) electrons. The number of nitrogens with one attached hydrogen (secondary N) is 1. The van der Waals surface area contributed by atoms with Gasteiger partial charge in [0.05, 0.1) is 21.2 Å². The van der Waals surface area contributed by atoms with E-state index in [1.165, 1.54) is 40.7 Å². The van der Waals surface area contributed by atoms with Gasteiger partial charge in [-0.3, -0.25) is 19.2 Å². The van der Waals surface area contributed by atoms with E-state index in [4.69, 9.17) is 0 Å². The van der Waals surface area contributed by atoms with Crippen LogP contribution in [0.2, 0.25) is 0 Å². The number of sulfonamides is 1. The van der Waals surface area contributed by atoms with Gasteiger partial charge in [-0.25, -0.2) is 8.42 Å². The first-order valence-electron chi connectivity index (χ1n) is 9.54. The van der Waals surface area contributed by atoms with Gasteiger partial charge in [0.2, 0.25) is 0 Å². The summed E-state index contributed by atoms with van der Waals surface area (Å²) in [6.07, 6.45) is 0.627. The number of para-hydroxylation sites is 1. The van der Waals surface area contributed by atoms with Crippen molar-refractivity contribution in [2.45, 2.75) is 18.2 Å². The maximum Gasteiger partial charge on any atom is 0.271 e. The van der Waals surface area contributed by atoms with Crippen molar-refractivity contribution < 1.29 is 18.1 Å². The van der Waals surface area contributed by atoms with E-state index in [-0.39, 0.29) is 16.1 Å². The van der Waals surface area contributed by atoms with Crippen LogP contribution in [0, 0.1) is 17.0 Å². The summed E-state index contributed by atoms with van der Waals surface area (Å²) < 4.78 is 27.8. The Morgan fingerprint density at radius 1 is 1.06 bits per heavy atom. The van der Waals surface area contributed by atoms with Gasteiger partial charge in [0, 0.05) is 24.2 Å². The summed E-state index contributed by atoms with van der Waals surface area (Å²) in [5.74, 6) is -0.553. The van der Waals surface area contributed by atoms with Gasteiger partial charge in [0.1, 0.15) is 0 Å². The number of hydrogen-bond donors (Lipinski definition) is 1. The number of carbonyl (C=O) groups excluding carboxylic acids is 1. The largest absolute Gasteiger partial charge is 0.321 e. The number of carbonyl (C=O) groups is 1. The average Bonchev–Trinajstić information content (AvgIpc) is 3.20. The molecule has 9 heteroatoms. The molecule has 3 aromatic carbocycles. The molecule has 0 aromatic heterocycles. The highest BCUT2D eigenvalue weighted by Gasteiger charge is 2.31. The van der Waals surface area contributed by atoms with Crippen molar-refractivity contribution >= 4 is 33.0 Å². The zero-order chi connectivity index (χ0) is 22.2. The highest BCUT2D eigenvalue weighted by Crippen LogP contribution is 2.33. The lowest BCUT2D eigenvalue weighted by Crippen LogP contribution is -2.29. The number of nitrogens with zero attached hydrogens (tertiary/aromatic N) is 2. The van der Waals surface area contributed by atoms with Gasteiger partial charge in [-0.15, -0.1) is 0 Å². The quantitative estimate of drug-likeness (QED) is 0.481. The third kappa shape index (κ3) is 3.87. The van der Waals surface area contributed by atoms with Gasteiger partial charge in [-0.2, -0.15) is 0 Å². The molecule has 1 N–H and O–H groups in total. The van der Waals surface area contributed by atoms with Crippen LogP contribution in [-0.4, -0.2) is 25.8 Å². The Bertz CT molecular complexity index is 1300. The lowest BCUT2D eigenvalue weighted by atomic mass is 10.1. The fourth-order valence-corrected chi connectivity index (χ4v) is 5.08. The monoisotopic (exact) mass is 437 g/mol. The highest BCUT2D eigenvalue weighted by molar-refractivity contribution is 7.92. The molecule has 1 amide bonds. The van der Waals surface area contributed by atoms with Gasteiger partial charge in [-0.05, 0) is 48.7 Å². The van der Waals surface area contributed by atoms with E-state index in [0.717, 1.165) is 5.56 Å². The molecule has 8 nitrogen and oxygen atoms in total. The summed E-state index contributed by atoms with van der Waals surface area (Å²) in [5, 5.41) is 13.6. The van der Waals surface area contributed by atoms with E-state index < -0.39 is 20.9 Å². The van der Waals surface area contributed by atoms with Crippen molar-refractivity contribution in [1.82, 2.24) is 0 Å². The summed E-state index contributed by atoms with van der Waals surface area (Å²) in [6.45, 7) is 2.05. The minimum atomic E-state index is -3.84. The van der Waals surface area contributed by atoms with Gasteiger partial charge in [0.15, 0.2) is 0 Å². The Balaban J connectivity index is 1.63.